The monoisotopic (exact) mass is 409 g/mol. The average Bonchev–Trinajstić information content (AvgIpc) is 3.06. The fourth-order valence-corrected chi connectivity index (χ4v) is 4.19. The lowest BCUT2D eigenvalue weighted by molar-refractivity contribution is 0.665. The van der Waals surface area contributed by atoms with Gasteiger partial charge in [-0.25, -0.2) is 4.79 Å². The minimum atomic E-state index is -0.343. The molecule has 1 aromatic carbocycles. The number of nitrogens with zero attached hydrogens (tertiary/aromatic N) is 4. The van der Waals surface area contributed by atoms with Crippen LogP contribution in [0.2, 0.25) is 5.02 Å². The molecule has 0 saturated carbocycles. The lowest BCUT2D eigenvalue weighted by Gasteiger charge is -2.08. The Morgan fingerprint density at radius 2 is 2.00 bits per heavy atom. The smallest absolute Gasteiger partial charge is 0.330 e. The molecule has 2 heterocycles. The Hall–Kier alpha value is -2.10. The number of anilines is 2. The molecule has 2 aromatic heterocycles. The van der Waals surface area contributed by atoms with Gasteiger partial charge in [0.05, 0.1) is 0 Å². The molecule has 10 heteroatoms. The zero-order chi connectivity index (χ0) is 18.8. The van der Waals surface area contributed by atoms with E-state index in [1.54, 1.807) is 7.05 Å². The van der Waals surface area contributed by atoms with Gasteiger partial charge in [0.15, 0.2) is 4.34 Å². The zero-order valence-corrected chi connectivity index (χ0v) is 16.7. The highest BCUT2D eigenvalue weighted by atomic mass is 35.5. The summed E-state index contributed by atoms with van der Waals surface area (Å²) in [6.45, 7) is 1.93. The van der Waals surface area contributed by atoms with Crippen molar-refractivity contribution in [2.45, 2.75) is 17.0 Å². The SMILES string of the molecule is Cc1c(Cl)cccc1Nc1nnc(SCc2cc(=O)n(C)c(=O)n2C)s1. The van der Waals surface area contributed by atoms with Crippen LogP contribution in [-0.2, 0) is 19.8 Å². The number of hydrogen-bond acceptors (Lipinski definition) is 7. The van der Waals surface area contributed by atoms with Crippen molar-refractivity contribution in [2.24, 2.45) is 14.1 Å². The summed E-state index contributed by atoms with van der Waals surface area (Å²) in [5.74, 6) is 0.451. The maximum Gasteiger partial charge on any atom is 0.330 e. The second-order valence-electron chi connectivity index (χ2n) is 5.57. The van der Waals surface area contributed by atoms with Gasteiger partial charge in [-0.1, -0.05) is 40.8 Å². The fourth-order valence-electron chi connectivity index (χ4n) is 2.23. The molecule has 0 aliphatic carbocycles. The summed E-state index contributed by atoms with van der Waals surface area (Å²) in [5.41, 5.74) is 1.79. The number of thioether (sulfide) groups is 1. The zero-order valence-electron chi connectivity index (χ0n) is 14.3. The largest absolute Gasteiger partial charge is 0.330 e. The Kier molecular flexibility index (Phi) is 5.49. The van der Waals surface area contributed by atoms with E-state index in [9.17, 15) is 9.59 Å². The van der Waals surface area contributed by atoms with Crippen LogP contribution >= 0.6 is 34.7 Å². The number of benzene rings is 1. The van der Waals surface area contributed by atoms with Gasteiger partial charge in [-0.3, -0.25) is 13.9 Å². The van der Waals surface area contributed by atoms with Crippen molar-refractivity contribution >= 4 is 45.5 Å². The second-order valence-corrected chi connectivity index (χ2v) is 8.18. The summed E-state index contributed by atoms with van der Waals surface area (Å²) in [6.07, 6.45) is 0. The Morgan fingerprint density at radius 3 is 2.77 bits per heavy atom. The normalized spacial score (nSPS) is 10.9. The topological polar surface area (TPSA) is 81.8 Å². The van der Waals surface area contributed by atoms with Crippen LogP contribution in [0.15, 0.2) is 38.2 Å². The van der Waals surface area contributed by atoms with E-state index in [0.717, 1.165) is 20.2 Å². The van der Waals surface area contributed by atoms with Crippen LogP contribution in [0.25, 0.3) is 0 Å². The first kappa shape index (κ1) is 18.7. The second kappa shape index (κ2) is 7.65. The summed E-state index contributed by atoms with van der Waals surface area (Å²) < 4.78 is 3.28. The van der Waals surface area contributed by atoms with Gasteiger partial charge in [-0.15, -0.1) is 10.2 Å². The van der Waals surface area contributed by atoms with Crippen molar-refractivity contribution in [2.75, 3.05) is 5.32 Å². The molecule has 0 fully saturated rings. The maximum absolute atomic E-state index is 12.0. The molecule has 0 bridgehead atoms. The highest BCUT2D eigenvalue weighted by Gasteiger charge is 2.10. The Morgan fingerprint density at radius 1 is 1.23 bits per heavy atom. The lowest BCUT2D eigenvalue weighted by Crippen LogP contribution is -2.37. The predicted molar refractivity (Wildman–Crippen MR) is 106 cm³/mol. The predicted octanol–water partition coefficient (Wildman–Crippen LogP) is 2.93. The van der Waals surface area contributed by atoms with Gasteiger partial charge in [0.2, 0.25) is 5.13 Å². The molecule has 7 nitrogen and oxygen atoms in total. The van der Waals surface area contributed by atoms with Gasteiger partial charge in [-0.05, 0) is 24.6 Å². The van der Waals surface area contributed by atoms with Gasteiger partial charge >= 0.3 is 5.69 Å². The molecule has 0 saturated heterocycles. The summed E-state index contributed by atoms with van der Waals surface area (Å²) in [4.78, 5) is 23.7. The van der Waals surface area contributed by atoms with Crippen molar-refractivity contribution in [1.29, 1.82) is 0 Å². The molecule has 0 radical (unpaired) electrons. The van der Waals surface area contributed by atoms with Crippen LogP contribution < -0.4 is 16.6 Å². The third-order valence-corrected chi connectivity index (χ3v) is 6.30. The molecular weight excluding hydrogens is 394 g/mol. The van der Waals surface area contributed by atoms with Crippen LogP contribution in [0.1, 0.15) is 11.3 Å². The molecule has 0 spiro atoms. The number of halogens is 1. The summed E-state index contributed by atoms with van der Waals surface area (Å²) in [5, 5.41) is 12.8. The average molecular weight is 410 g/mol. The first-order chi connectivity index (χ1) is 12.4. The number of aromatic nitrogens is 4. The van der Waals surface area contributed by atoms with E-state index in [0.29, 0.717) is 21.6 Å². The van der Waals surface area contributed by atoms with Crippen molar-refractivity contribution in [3.05, 3.63) is 61.4 Å². The van der Waals surface area contributed by atoms with Gasteiger partial charge in [0.1, 0.15) is 0 Å². The van der Waals surface area contributed by atoms with E-state index in [4.69, 9.17) is 11.6 Å². The quantitative estimate of drug-likeness (QED) is 0.652. The standard InChI is InChI=1S/C16H16ClN5O2S2/c1-9-11(17)5-4-6-12(9)18-14-19-20-15(26-14)25-8-10-7-13(23)22(3)16(24)21(10)2/h4-7H,8H2,1-3H3,(H,18,19). The van der Waals surface area contributed by atoms with Crippen LogP contribution in [0.3, 0.4) is 0 Å². The Balaban J connectivity index is 1.73. The third kappa shape index (κ3) is 3.84. The highest BCUT2D eigenvalue weighted by molar-refractivity contribution is 8.00. The highest BCUT2D eigenvalue weighted by Crippen LogP contribution is 2.31. The molecule has 3 rings (SSSR count). The summed E-state index contributed by atoms with van der Waals surface area (Å²) in [6, 6.07) is 7.08. The van der Waals surface area contributed by atoms with Gasteiger partial charge in [0, 0.05) is 42.3 Å². The van der Waals surface area contributed by atoms with Gasteiger partial charge in [0.25, 0.3) is 5.56 Å². The molecule has 0 aliphatic heterocycles. The first-order valence-corrected chi connectivity index (χ1v) is 9.79. The van der Waals surface area contributed by atoms with E-state index in [1.807, 2.05) is 25.1 Å². The Bertz CT molecular complexity index is 1070. The van der Waals surface area contributed by atoms with Gasteiger partial charge < -0.3 is 5.32 Å². The molecule has 0 unspecified atom stereocenters. The fraction of sp³-hybridized carbons (Fsp3) is 0.250. The molecule has 26 heavy (non-hydrogen) atoms. The molecule has 0 aliphatic rings. The van der Waals surface area contributed by atoms with Crippen molar-refractivity contribution in [3.8, 4) is 0 Å². The number of rotatable bonds is 5. The van der Waals surface area contributed by atoms with Crippen LogP contribution in [0.5, 0.6) is 0 Å². The van der Waals surface area contributed by atoms with Crippen molar-refractivity contribution < 1.29 is 0 Å². The number of hydrogen-bond donors (Lipinski definition) is 1. The minimum Gasteiger partial charge on any atom is -0.330 e. The van der Waals surface area contributed by atoms with E-state index < -0.39 is 0 Å². The van der Waals surface area contributed by atoms with Crippen molar-refractivity contribution in [3.63, 3.8) is 0 Å². The van der Waals surface area contributed by atoms with Crippen LogP contribution in [0, 0.1) is 6.92 Å². The van der Waals surface area contributed by atoms with Crippen LogP contribution in [0.4, 0.5) is 10.8 Å². The Labute approximate surface area is 162 Å². The lowest BCUT2D eigenvalue weighted by atomic mass is 10.2. The molecule has 1 N–H and O–H groups in total. The molecular formula is C16H16ClN5O2S2. The van der Waals surface area contributed by atoms with E-state index >= 15 is 0 Å². The molecule has 0 atom stereocenters. The van der Waals surface area contributed by atoms with Gasteiger partial charge in [-0.2, -0.15) is 0 Å². The summed E-state index contributed by atoms with van der Waals surface area (Å²) >= 11 is 8.94. The van der Waals surface area contributed by atoms with E-state index in [1.165, 1.54) is 40.8 Å². The van der Waals surface area contributed by atoms with Crippen molar-refractivity contribution in [1.82, 2.24) is 19.3 Å². The molecule has 136 valence electrons. The van der Waals surface area contributed by atoms with E-state index in [2.05, 4.69) is 15.5 Å². The number of nitrogens with one attached hydrogen (secondary N) is 1. The maximum atomic E-state index is 12.0. The molecule has 0 amide bonds. The van der Waals surface area contributed by atoms with E-state index in [-0.39, 0.29) is 11.2 Å². The minimum absolute atomic E-state index is 0.320. The molecule has 3 aromatic rings. The first-order valence-electron chi connectivity index (χ1n) is 7.61. The van der Waals surface area contributed by atoms with Crippen LogP contribution in [-0.4, -0.2) is 19.3 Å². The third-order valence-electron chi connectivity index (χ3n) is 3.88. The summed E-state index contributed by atoms with van der Waals surface area (Å²) in [7, 11) is 3.11.